The van der Waals surface area contributed by atoms with Crippen LogP contribution in [0.25, 0.3) is 0 Å². The molecule has 4 heteroatoms. The van der Waals surface area contributed by atoms with Gasteiger partial charge < -0.3 is 14.7 Å². The number of likely N-dealkylation sites (N-methyl/N-ethyl adjacent to an activating group) is 1. The summed E-state index contributed by atoms with van der Waals surface area (Å²) in [5.41, 5.74) is 2.86. The van der Waals surface area contributed by atoms with Crippen LogP contribution in [0.3, 0.4) is 0 Å². The lowest BCUT2D eigenvalue weighted by Gasteiger charge is -2.25. The Morgan fingerprint density at radius 3 is 2.45 bits per heavy atom. The minimum Gasteiger partial charge on any atom is -0.444 e. The largest absolute Gasteiger partial charge is 0.444 e. The first-order valence-electron chi connectivity index (χ1n) is 7.80. The molecule has 1 aromatic carbocycles. The van der Waals surface area contributed by atoms with Crippen molar-refractivity contribution >= 4 is 6.09 Å². The first kappa shape index (κ1) is 18.5. The van der Waals surface area contributed by atoms with Crippen molar-refractivity contribution in [2.45, 2.75) is 59.2 Å². The Bertz CT molecular complexity index is 504. The second kappa shape index (κ2) is 7.63. The number of nitrogens with zero attached hydrogens (tertiary/aromatic N) is 1. The number of amides is 1. The minimum atomic E-state index is -0.481. The first-order valence-corrected chi connectivity index (χ1v) is 7.80. The van der Waals surface area contributed by atoms with Crippen LogP contribution in [0.4, 0.5) is 4.79 Å². The van der Waals surface area contributed by atoms with E-state index in [4.69, 9.17) is 4.74 Å². The van der Waals surface area contributed by atoms with Crippen LogP contribution in [-0.2, 0) is 17.8 Å². The van der Waals surface area contributed by atoms with Crippen LogP contribution >= 0.6 is 0 Å². The minimum absolute atomic E-state index is 0.0350. The van der Waals surface area contributed by atoms with E-state index in [0.717, 1.165) is 12.0 Å². The Labute approximate surface area is 134 Å². The summed E-state index contributed by atoms with van der Waals surface area (Å²) in [6.07, 6.45) is 0.439. The van der Waals surface area contributed by atoms with Crippen molar-refractivity contribution in [3.8, 4) is 0 Å². The van der Waals surface area contributed by atoms with Gasteiger partial charge in [0.1, 0.15) is 5.60 Å². The molecular formula is C18H29NO3. The Morgan fingerprint density at radius 1 is 1.32 bits per heavy atom. The smallest absolute Gasteiger partial charge is 0.410 e. The highest BCUT2D eigenvalue weighted by Crippen LogP contribution is 2.22. The van der Waals surface area contributed by atoms with Gasteiger partial charge in [0.2, 0.25) is 0 Å². The van der Waals surface area contributed by atoms with Gasteiger partial charge >= 0.3 is 6.09 Å². The number of aliphatic hydroxyl groups excluding tert-OH is 1. The van der Waals surface area contributed by atoms with E-state index in [2.05, 4.69) is 19.9 Å². The summed E-state index contributed by atoms with van der Waals surface area (Å²) in [7, 11) is 1.75. The van der Waals surface area contributed by atoms with Gasteiger partial charge in [-0.1, -0.05) is 32.0 Å². The fraction of sp³-hybridized carbons (Fsp3) is 0.611. The molecule has 0 saturated heterocycles. The molecule has 0 aliphatic rings. The molecule has 0 heterocycles. The molecule has 0 spiro atoms. The average Bonchev–Trinajstić information content (AvgIpc) is 2.42. The molecule has 0 unspecified atom stereocenters. The van der Waals surface area contributed by atoms with Crippen LogP contribution in [0, 0.1) is 0 Å². The lowest BCUT2D eigenvalue weighted by molar-refractivity contribution is 0.0300. The third-order valence-corrected chi connectivity index (χ3v) is 3.43. The van der Waals surface area contributed by atoms with Gasteiger partial charge in [0.15, 0.2) is 0 Å². The van der Waals surface area contributed by atoms with E-state index in [9.17, 15) is 9.90 Å². The van der Waals surface area contributed by atoms with Crippen LogP contribution in [0.1, 0.15) is 57.2 Å². The highest BCUT2D eigenvalue weighted by molar-refractivity contribution is 5.67. The number of aliphatic hydroxyl groups is 1. The van der Waals surface area contributed by atoms with E-state index < -0.39 is 5.60 Å². The van der Waals surface area contributed by atoms with E-state index in [1.165, 1.54) is 11.1 Å². The fourth-order valence-electron chi connectivity index (χ4n) is 2.26. The predicted molar refractivity (Wildman–Crippen MR) is 89.0 cm³/mol. The van der Waals surface area contributed by atoms with Gasteiger partial charge in [0, 0.05) is 13.6 Å². The van der Waals surface area contributed by atoms with Crippen molar-refractivity contribution in [3.63, 3.8) is 0 Å². The van der Waals surface area contributed by atoms with Crippen molar-refractivity contribution in [2.24, 2.45) is 0 Å². The second-order valence-electron chi connectivity index (χ2n) is 7.00. The maximum absolute atomic E-state index is 12.0. The molecule has 1 rings (SSSR count). The van der Waals surface area contributed by atoms with Crippen LogP contribution in [0.15, 0.2) is 18.2 Å². The molecule has 1 N–H and O–H groups in total. The number of rotatable bonds is 5. The SMILES string of the molecule is CC(C)c1ccc(CO)cc1CCN(C)C(=O)OC(C)(C)C. The van der Waals surface area contributed by atoms with Crippen molar-refractivity contribution in [3.05, 3.63) is 34.9 Å². The van der Waals surface area contributed by atoms with Gasteiger partial charge in [-0.15, -0.1) is 0 Å². The standard InChI is InChI=1S/C18H29NO3/c1-13(2)16-8-7-14(12-20)11-15(16)9-10-19(6)17(21)22-18(3,4)5/h7-8,11,13,20H,9-10,12H2,1-6H3. The highest BCUT2D eigenvalue weighted by atomic mass is 16.6. The molecule has 0 radical (unpaired) electrons. The van der Waals surface area contributed by atoms with E-state index in [1.54, 1.807) is 11.9 Å². The third-order valence-electron chi connectivity index (χ3n) is 3.43. The van der Waals surface area contributed by atoms with Crippen LogP contribution in [0.2, 0.25) is 0 Å². The van der Waals surface area contributed by atoms with Gasteiger partial charge in [0.25, 0.3) is 0 Å². The van der Waals surface area contributed by atoms with E-state index >= 15 is 0 Å². The molecule has 0 saturated carbocycles. The lowest BCUT2D eigenvalue weighted by Crippen LogP contribution is -2.35. The van der Waals surface area contributed by atoms with Crippen molar-refractivity contribution < 1.29 is 14.6 Å². The Balaban J connectivity index is 2.76. The Hall–Kier alpha value is -1.55. The molecule has 1 amide bonds. The maximum Gasteiger partial charge on any atom is 0.410 e. The number of hydrogen-bond acceptors (Lipinski definition) is 3. The zero-order valence-corrected chi connectivity index (χ0v) is 14.6. The quantitative estimate of drug-likeness (QED) is 0.902. The van der Waals surface area contributed by atoms with Crippen molar-refractivity contribution in [2.75, 3.05) is 13.6 Å². The van der Waals surface area contributed by atoms with E-state index in [-0.39, 0.29) is 12.7 Å². The van der Waals surface area contributed by atoms with Gasteiger partial charge in [-0.05, 0) is 49.8 Å². The molecule has 22 heavy (non-hydrogen) atoms. The highest BCUT2D eigenvalue weighted by Gasteiger charge is 2.19. The van der Waals surface area contributed by atoms with Crippen molar-refractivity contribution in [1.29, 1.82) is 0 Å². The molecule has 0 aliphatic carbocycles. The van der Waals surface area contributed by atoms with E-state index in [0.29, 0.717) is 12.5 Å². The topological polar surface area (TPSA) is 49.8 Å². The molecule has 0 bridgehead atoms. The predicted octanol–water partition coefficient (Wildman–Crippen LogP) is 3.71. The molecular weight excluding hydrogens is 278 g/mol. The number of ether oxygens (including phenoxy) is 1. The van der Waals surface area contributed by atoms with Gasteiger partial charge in [-0.2, -0.15) is 0 Å². The molecule has 1 aromatic rings. The molecule has 0 aliphatic heterocycles. The van der Waals surface area contributed by atoms with Crippen LogP contribution in [-0.4, -0.2) is 35.3 Å². The summed E-state index contributed by atoms with van der Waals surface area (Å²) in [6.45, 7) is 10.5. The monoisotopic (exact) mass is 307 g/mol. The summed E-state index contributed by atoms with van der Waals surface area (Å²) < 4.78 is 5.36. The number of hydrogen-bond donors (Lipinski definition) is 1. The zero-order chi connectivity index (χ0) is 16.9. The van der Waals surface area contributed by atoms with Gasteiger partial charge in [-0.3, -0.25) is 0 Å². The summed E-state index contributed by atoms with van der Waals surface area (Å²) in [5, 5.41) is 9.30. The first-order chi connectivity index (χ1) is 10.1. The fourth-order valence-corrected chi connectivity index (χ4v) is 2.26. The van der Waals surface area contributed by atoms with Gasteiger partial charge in [-0.25, -0.2) is 4.79 Å². The Kier molecular flexibility index (Phi) is 6.42. The number of benzene rings is 1. The van der Waals surface area contributed by atoms with Crippen LogP contribution < -0.4 is 0 Å². The molecule has 0 aromatic heterocycles. The van der Waals surface area contributed by atoms with Crippen molar-refractivity contribution in [1.82, 2.24) is 4.90 Å². The van der Waals surface area contributed by atoms with Gasteiger partial charge in [0.05, 0.1) is 6.61 Å². The summed E-state index contributed by atoms with van der Waals surface area (Å²) >= 11 is 0. The Morgan fingerprint density at radius 2 is 1.95 bits per heavy atom. The molecule has 0 fully saturated rings. The van der Waals surface area contributed by atoms with Crippen LogP contribution in [0.5, 0.6) is 0 Å². The maximum atomic E-state index is 12.0. The molecule has 124 valence electrons. The van der Waals surface area contributed by atoms with E-state index in [1.807, 2.05) is 32.9 Å². The summed E-state index contributed by atoms with van der Waals surface area (Å²) in [6, 6.07) is 6.05. The lowest BCUT2D eigenvalue weighted by atomic mass is 9.93. The normalized spacial score (nSPS) is 11.6. The third kappa shape index (κ3) is 5.68. The average molecular weight is 307 g/mol. The summed E-state index contributed by atoms with van der Waals surface area (Å²) in [4.78, 5) is 13.6. The number of carbonyl (C=O) groups is 1. The second-order valence-corrected chi connectivity index (χ2v) is 7.00. The number of carbonyl (C=O) groups excluding carboxylic acids is 1. The molecule has 4 nitrogen and oxygen atoms in total. The summed E-state index contributed by atoms with van der Waals surface area (Å²) in [5.74, 6) is 0.412. The molecule has 0 atom stereocenters. The zero-order valence-electron chi connectivity index (χ0n) is 14.6.